The number of nitrogens with zero attached hydrogens (tertiary/aromatic N) is 3. The third kappa shape index (κ3) is 3.97. The molecule has 1 saturated heterocycles. The number of phenolic OH excluding ortho intramolecular Hbond substituents is 1. The maximum Gasteiger partial charge on any atom is 0.229 e. The SMILES string of the molecule is C1CC[Si]OC1.Cc1ccc(O)c(-n2nc3ccccc3n2)c1. The second-order valence-electron chi connectivity index (χ2n) is 5.42. The van der Waals surface area contributed by atoms with Crippen LogP contribution < -0.4 is 0 Å². The first-order valence-electron chi connectivity index (χ1n) is 7.71. The first kappa shape index (κ1) is 15.7. The normalized spacial score (nSPS) is 14.3. The molecular formula is C17H19N3O2Si. The van der Waals surface area contributed by atoms with E-state index in [0.29, 0.717) is 5.69 Å². The van der Waals surface area contributed by atoms with Gasteiger partial charge in [0.25, 0.3) is 0 Å². The second kappa shape index (κ2) is 7.39. The highest BCUT2D eigenvalue weighted by Gasteiger charge is 2.08. The fraction of sp³-hybridized carbons (Fsp3) is 0.294. The van der Waals surface area contributed by atoms with Crippen molar-refractivity contribution in [2.45, 2.75) is 25.8 Å². The summed E-state index contributed by atoms with van der Waals surface area (Å²) in [5.41, 5.74) is 3.28. The summed E-state index contributed by atoms with van der Waals surface area (Å²) < 4.78 is 5.10. The van der Waals surface area contributed by atoms with Gasteiger partial charge in [0.05, 0.1) is 0 Å². The van der Waals surface area contributed by atoms with Crippen molar-refractivity contribution >= 4 is 20.8 Å². The first-order valence-corrected chi connectivity index (χ1v) is 8.82. The van der Waals surface area contributed by atoms with Gasteiger partial charge in [0, 0.05) is 6.61 Å². The van der Waals surface area contributed by atoms with Gasteiger partial charge in [-0.3, -0.25) is 0 Å². The lowest BCUT2D eigenvalue weighted by molar-refractivity contribution is 0.304. The quantitative estimate of drug-likeness (QED) is 0.698. The number of phenols is 1. The van der Waals surface area contributed by atoms with E-state index in [0.717, 1.165) is 33.0 Å². The highest BCUT2D eigenvalue weighted by atomic mass is 28.2. The van der Waals surface area contributed by atoms with Crippen LogP contribution >= 0.6 is 0 Å². The Morgan fingerprint density at radius 1 is 1.09 bits per heavy atom. The molecule has 1 N–H and O–H groups in total. The molecule has 1 aliphatic rings. The molecule has 1 aliphatic heterocycles. The van der Waals surface area contributed by atoms with Gasteiger partial charge in [0.1, 0.15) is 22.5 Å². The number of aromatic nitrogens is 3. The first-order chi connectivity index (χ1) is 11.2. The van der Waals surface area contributed by atoms with Crippen molar-refractivity contribution in [1.29, 1.82) is 0 Å². The van der Waals surface area contributed by atoms with E-state index in [-0.39, 0.29) is 5.75 Å². The maximum atomic E-state index is 9.81. The highest BCUT2D eigenvalue weighted by Crippen LogP contribution is 2.22. The van der Waals surface area contributed by atoms with Crippen molar-refractivity contribution in [3.63, 3.8) is 0 Å². The molecule has 23 heavy (non-hydrogen) atoms. The number of aryl methyl sites for hydroxylation is 1. The molecule has 2 heterocycles. The standard InChI is InChI=1S/C13H11N3O.C4H8OSi/c1-9-6-7-13(17)12(8-9)16-14-10-4-2-3-5-11(10)15-16;1-2-4-6-5-3-1/h2-8,17H,1H3;1-4H2. The van der Waals surface area contributed by atoms with Crippen LogP contribution in [0.4, 0.5) is 0 Å². The fourth-order valence-corrected chi connectivity index (χ4v) is 3.10. The van der Waals surface area contributed by atoms with Crippen LogP contribution in [0.1, 0.15) is 18.4 Å². The summed E-state index contributed by atoms with van der Waals surface area (Å²) >= 11 is 0. The van der Waals surface area contributed by atoms with Gasteiger partial charge in [0.15, 0.2) is 0 Å². The Morgan fingerprint density at radius 3 is 2.35 bits per heavy atom. The average molecular weight is 325 g/mol. The number of rotatable bonds is 1. The van der Waals surface area contributed by atoms with Gasteiger partial charge in [-0.2, -0.15) is 0 Å². The summed E-state index contributed by atoms with van der Waals surface area (Å²) in [6.45, 7) is 2.98. The Bertz CT molecular complexity index is 740. The Morgan fingerprint density at radius 2 is 1.83 bits per heavy atom. The lowest BCUT2D eigenvalue weighted by Crippen LogP contribution is -2.06. The molecule has 0 unspecified atom stereocenters. The average Bonchev–Trinajstić information content (AvgIpc) is 3.03. The van der Waals surface area contributed by atoms with Gasteiger partial charge in [-0.15, -0.1) is 15.0 Å². The van der Waals surface area contributed by atoms with Crippen molar-refractivity contribution in [2.24, 2.45) is 0 Å². The van der Waals surface area contributed by atoms with Crippen molar-refractivity contribution in [2.75, 3.05) is 6.61 Å². The molecule has 0 atom stereocenters. The molecular weight excluding hydrogens is 306 g/mol. The molecule has 2 aromatic carbocycles. The van der Waals surface area contributed by atoms with Crippen LogP contribution in [0.15, 0.2) is 42.5 Å². The van der Waals surface area contributed by atoms with Crippen LogP contribution in [0.25, 0.3) is 16.7 Å². The largest absolute Gasteiger partial charge is 0.506 e. The third-order valence-corrected chi connectivity index (χ3v) is 4.48. The zero-order chi connectivity index (χ0) is 16.1. The van der Waals surface area contributed by atoms with Gasteiger partial charge in [-0.05, 0) is 49.2 Å². The van der Waals surface area contributed by atoms with Crippen LogP contribution in [0.5, 0.6) is 5.75 Å². The molecule has 0 spiro atoms. The molecule has 3 aromatic rings. The molecule has 0 amide bonds. The summed E-state index contributed by atoms with van der Waals surface area (Å²) in [7, 11) is 0.802. The minimum Gasteiger partial charge on any atom is -0.506 e. The molecule has 1 aromatic heterocycles. The summed E-state index contributed by atoms with van der Waals surface area (Å²) in [5, 5.41) is 18.5. The zero-order valence-electron chi connectivity index (χ0n) is 13.1. The van der Waals surface area contributed by atoms with Crippen LogP contribution in [0.2, 0.25) is 6.04 Å². The van der Waals surface area contributed by atoms with Crippen LogP contribution in [-0.4, -0.2) is 36.5 Å². The summed E-state index contributed by atoms with van der Waals surface area (Å²) in [6, 6.07) is 14.3. The van der Waals surface area contributed by atoms with Gasteiger partial charge >= 0.3 is 0 Å². The Balaban J connectivity index is 0.000000220. The van der Waals surface area contributed by atoms with E-state index in [4.69, 9.17) is 4.43 Å². The van der Waals surface area contributed by atoms with Crippen molar-refractivity contribution in [3.05, 3.63) is 48.0 Å². The highest BCUT2D eigenvalue weighted by molar-refractivity contribution is 6.27. The summed E-state index contributed by atoms with van der Waals surface area (Å²) in [6.07, 6.45) is 2.67. The lowest BCUT2D eigenvalue weighted by Gasteiger charge is -2.06. The van der Waals surface area contributed by atoms with Gasteiger partial charge in [0.2, 0.25) is 9.76 Å². The summed E-state index contributed by atoms with van der Waals surface area (Å²) in [5.74, 6) is 0.177. The van der Waals surface area contributed by atoms with E-state index in [9.17, 15) is 5.11 Å². The third-order valence-electron chi connectivity index (χ3n) is 3.51. The molecule has 5 nitrogen and oxygen atoms in total. The number of hydrogen-bond donors (Lipinski definition) is 1. The molecule has 0 aliphatic carbocycles. The minimum absolute atomic E-state index is 0.177. The van der Waals surface area contributed by atoms with E-state index in [1.54, 1.807) is 6.07 Å². The molecule has 0 saturated carbocycles. The zero-order valence-corrected chi connectivity index (χ0v) is 14.1. The number of hydrogen-bond acceptors (Lipinski definition) is 4. The lowest BCUT2D eigenvalue weighted by atomic mass is 10.2. The molecule has 118 valence electrons. The molecule has 0 bridgehead atoms. The van der Waals surface area contributed by atoms with E-state index in [1.807, 2.05) is 43.3 Å². The maximum absolute atomic E-state index is 9.81. The van der Waals surface area contributed by atoms with Crippen LogP contribution in [0, 0.1) is 6.92 Å². The molecule has 6 heteroatoms. The minimum atomic E-state index is 0.177. The van der Waals surface area contributed by atoms with E-state index in [1.165, 1.54) is 23.7 Å². The number of fused-ring (bicyclic) bond motifs is 1. The smallest absolute Gasteiger partial charge is 0.229 e. The van der Waals surface area contributed by atoms with Gasteiger partial charge in [-0.25, -0.2) is 0 Å². The Hall–Kier alpha value is -2.18. The Kier molecular flexibility index (Phi) is 5.04. The van der Waals surface area contributed by atoms with E-state index < -0.39 is 0 Å². The summed E-state index contributed by atoms with van der Waals surface area (Å²) in [4.78, 5) is 1.47. The van der Waals surface area contributed by atoms with E-state index >= 15 is 0 Å². The van der Waals surface area contributed by atoms with Crippen LogP contribution in [-0.2, 0) is 4.43 Å². The van der Waals surface area contributed by atoms with Crippen molar-refractivity contribution in [3.8, 4) is 11.4 Å². The van der Waals surface area contributed by atoms with Crippen molar-refractivity contribution in [1.82, 2.24) is 15.0 Å². The predicted molar refractivity (Wildman–Crippen MR) is 91.0 cm³/mol. The fourth-order valence-electron chi connectivity index (χ4n) is 2.28. The molecule has 2 radical (unpaired) electrons. The Labute approximate surface area is 137 Å². The number of aromatic hydroxyl groups is 1. The second-order valence-corrected chi connectivity index (χ2v) is 6.50. The predicted octanol–water partition coefficient (Wildman–Crippen LogP) is 3.27. The molecule has 4 rings (SSSR count). The van der Waals surface area contributed by atoms with Gasteiger partial charge < -0.3 is 9.53 Å². The number of benzene rings is 2. The monoisotopic (exact) mass is 325 g/mol. The van der Waals surface area contributed by atoms with E-state index in [2.05, 4.69) is 10.2 Å². The van der Waals surface area contributed by atoms with Gasteiger partial charge in [-0.1, -0.05) is 24.6 Å². The topological polar surface area (TPSA) is 60.2 Å². The van der Waals surface area contributed by atoms with Crippen molar-refractivity contribution < 1.29 is 9.53 Å². The molecule has 1 fully saturated rings. The van der Waals surface area contributed by atoms with Crippen LogP contribution in [0.3, 0.4) is 0 Å².